The van der Waals surface area contributed by atoms with Gasteiger partial charge in [0, 0.05) is 0 Å². The molecule has 2 atom stereocenters. The van der Waals surface area contributed by atoms with Gasteiger partial charge in [-0.25, -0.2) is 0 Å². The van der Waals surface area contributed by atoms with Crippen LogP contribution in [0.5, 0.6) is 0 Å². The molecule has 0 aromatic rings. The molecule has 1 heterocycles. The van der Waals surface area contributed by atoms with Crippen LogP contribution in [0, 0.1) is 0 Å². The van der Waals surface area contributed by atoms with E-state index < -0.39 is 29.4 Å². The van der Waals surface area contributed by atoms with E-state index in [4.69, 9.17) is 0 Å². The minimum absolute atomic E-state index is 0.610. The van der Waals surface area contributed by atoms with Gasteiger partial charge >= 0.3 is 6.18 Å². The van der Waals surface area contributed by atoms with Crippen LogP contribution in [0.4, 0.5) is 13.2 Å². The van der Waals surface area contributed by atoms with Gasteiger partial charge < -0.3 is 4.74 Å². The largest absolute Gasteiger partial charge is 0.428 e. The molecule has 2 rings (SSSR count). The smallest absolute Gasteiger partial charge is 0.340 e. The Labute approximate surface area is 70.2 Å². The maximum absolute atomic E-state index is 12.3. The first-order valence-electron chi connectivity index (χ1n) is 3.40. The third-order valence-electron chi connectivity index (χ3n) is 2.06. The Hall–Kier alpha value is -1.17. The molecule has 2 unspecified atom stereocenters. The van der Waals surface area contributed by atoms with E-state index in [2.05, 4.69) is 4.74 Å². The normalized spacial score (nSPS) is 37.6. The lowest BCUT2D eigenvalue weighted by atomic mass is 9.91. The molecule has 2 aliphatic rings. The first-order chi connectivity index (χ1) is 5.89. The fraction of sp³-hybridized carbons (Fsp3) is 0.429. The van der Waals surface area contributed by atoms with E-state index in [9.17, 15) is 22.8 Å². The second kappa shape index (κ2) is 2.01. The highest BCUT2D eigenvalue weighted by atomic mass is 19.4. The lowest BCUT2D eigenvalue weighted by Gasteiger charge is -2.14. The molecule has 1 aliphatic heterocycles. The Morgan fingerprint density at radius 1 is 1.31 bits per heavy atom. The van der Waals surface area contributed by atoms with Gasteiger partial charge in [0.25, 0.3) is 5.60 Å². The molecule has 0 aromatic heterocycles. The summed E-state index contributed by atoms with van der Waals surface area (Å²) in [5, 5.41) is 0. The molecule has 1 aliphatic carbocycles. The van der Waals surface area contributed by atoms with Gasteiger partial charge in [-0.1, -0.05) is 0 Å². The molecule has 3 nitrogen and oxygen atoms in total. The van der Waals surface area contributed by atoms with Crippen molar-refractivity contribution >= 4 is 11.6 Å². The Morgan fingerprint density at radius 2 is 1.92 bits per heavy atom. The van der Waals surface area contributed by atoms with Crippen molar-refractivity contribution in [1.82, 2.24) is 0 Å². The number of hydrogen-bond donors (Lipinski definition) is 0. The van der Waals surface area contributed by atoms with Crippen LogP contribution < -0.4 is 0 Å². The Morgan fingerprint density at radius 3 is 2.38 bits per heavy atom. The molecule has 1 fully saturated rings. The van der Waals surface area contributed by atoms with Crippen molar-refractivity contribution in [3.05, 3.63) is 12.2 Å². The number of halogens is 3. The summed E-state index contributed by atoms with van der Waals surface area (Å²) in [5.74, 6) is -2.01. The molecule has 0 bridgehead atoms. The van der Waals surface area contributed by atoms with Crippen molar-refractivity contribution in [2.75, 3.05) is 0 Å². The van der Waals surface area contributed by atoms with Crippen LogP contribution >= 0.6 is 0 Å². The summed E-state index contributed by atoms with van der Waals surface area (Å²) in [7, 11) is 0. The molecule has 0 amide bonds. The highest BCUT2D eigenvalue weighted by molar-refractivity contribution is 6.15. The van der Waals surface area contributed by atoms with Gasteiger partial charge in [-0.15, -0.1) is 0 Å². The molecule has 6 heteroatoms. The van der Waals surface area contributed by atoms with Gasteiger partial charge in [0.2, 0.25) is 0 Å². The van der Waals surface area contributed by atoms with Gasteiger partial charge in [-0.05, 0) is 12.2 Å². The number of ether oxygens (including phenoxy) is 1. The van der Waals surface area contributed by atoms with Crippen LogP contribution in [-0.2, 0) is 14.3 Å². The van der Waals surface area contributed by atoms with E-state index in [0.29, 0.717) is 6.08 Å². The lowest BCUT2D eigenvalue weighted by molar-refractivity contribution is -0.186. The second-order valence-corrected chi connectivity index (χ2v) is 2.83. The fourth-order valence-electron chi connectivity index (χ4n) is 1.32. The van der Waals surface area contributed by atoms with Crippen LogP contribution in [0.15, 0.2) is 12.2 Å². The average Bonchev–Trinajstić information content (AvgIpc) is 2.72. The van der Waals surface area contributed by atoms with Crippen LogP contribution in [0.25, 0.3) is 0 Å². The quantitative estimate of drug-likeness (QED) is 0.521. The Kier molecular flexibility index (Phi) is 1.30. The first kappa shape index (κ1) is 8.43. The van der Waals surface area contributed by atoms with Crippen molar-refractivity contribution in [2.24, 2.45) is 0 Å². The number of rotatable bonds is 0. The molecule has 0 N–H and O–H groups in total. The van der Waals surface area contributed by atoms with E-state index in [-0.39, 0.29) is 0 Å². The number of epoxide rings is 1. The van der Waals surface area contributed by atoms with E-state index in [1.165, 1.54) is 0 Å². The van der Waals surface area contributed by atoms with Crippen LogP contribution in [0.3, 0.4) is 0 Å². The number of hydrogen-bond acceptors (Lipinski definition) is 3. The highest BCUT2D eigenvalue weighted by Gasteiger charge is 2.80. The summed E-state index contributed by atoms with van der Waals surface area (Å²) in [6, 6.07) is 0. The average molecular weight is 192 g/mol. The summed E-state index contributed by atoms with van der Waals surface area (Å²) in [5.41, 5.74) is -2.86. The predicted molar refractivity (Wildman–Crippen MR) is 32.8 cm³/mol. The third kappa shape index (κ3) is 0.833. The Balaban J connectivity index is 2.44. The zero-order valence-corrected chi connectivity index (χ0v) is 6.09. The SMILES string of the molecule is O=C1C=CC(=O)C2(C(F)(F)F)OC12. The van der Waals surface area contributed by atoms with Crippen molar-refractivity contribution < 1.29 is 27.5 Å². The predicted octanol–water partition coefficient (Wildman–Crippen LogP) is 0.394. The van der Waals surface area contributed by atoms with Crippen molar-refractivity contribution in [2.45, 2.75) is 17.9 Å². The zero-order chi connectivity index (χ0) is 9.85. The minimum atomic E-state index is -4.81. The molecular weight excluding hydrogens is 189 g/mol. The van der Waals surface area contributed by atoms with Crippen molar-refractivity contribution in [3.63, 3.8) is 0 Å². The monoisotopic (exact) mass is 192 g/mol. The fourth-order valence-corrected chi connectivity index (χ4v) is 1.32. The van der Waals surface area contributed by atoms with Gasteiger partial charge in [0.15, 0.2) is 17.7 Å². The van der Waals surface area contributed by atoms with Crippen LogP contribution in [-0.4, -0.2) is 29.4 Å². The van der Waals surface area contributed by atoms with Gasteiger partial charge in [-0.3, -0.25) is 9.59 Å². The summed E-state index contributed by atoms with van der Waals surface area (Å²) in [4.78, 5) is 21.6. The number of carbonyl (C=O) groups excluding carboxylic acids is 2. The summed E-state index contributed by atoms with van der Waals surface area (Å²) in [6.07, 6.45) is -5.04. The summed E-state index contributed by atoms with van der Waals surface area (Å²) >= 11 is 0. The number of ketones is 2. The molecule has 0 aromatic carbocycles. The maximum atomic E-state index is 12.3. The summed E-state index contributed by atoms with van der Waals surface area (Å²) < 4.78 is 40.9. The van der Waals surface area contributed by atoms with Gasteiger partial charge in [-0.2, -0.15) is 13.2 Å². The number of alkyl halides is 3. The lowest BCUT2D eigenvalue weighted by Crippen LogP contribution is -2.45. The number of fused-ring (bicyclic) bond motifs is 1. The molecule has 0 radical (unpaired) electrons. The Bertz CT molecular complexity index is 330. The number of carbonyl (C=O) groups is 2. The molecule has 70 valence electrons. The molecular formula is C7H3F3O3. The van der Waals surface area contributed by atoms with Crippen LogP contribution in [0.1, 0.15) is 0 Å². The minimum Gasteiger partial charge on any atom is -0.340 e. The van der Waals surface area contributed by atoms with E-state index >= 15 is 0 Å². The van der Waals surface area contributed by atoms with E-state index in [1.54, 1.807) is 0 Å². The van der Waals surface area contributed by atoms with E-state index in [1.807, 2.05) is 0 Å². The molecule has 1 saturated heterocycles. The maximum Gasteiger partial charge on any atom is 0.428 e. The topological polar surface area (TPSA) is 46.7 Å². The molecule has 0 spiro atoms. The molecule has 13 heavy (non-hydrogen) atoms. The van der Waals surface area contributed by atoms with E-state index in [0.717, 1.165) is 6.08 Å². The summed E-state index contributed by atoms with van der Waals surface area (Å²) in [6.45, 7) is 0. The van der Waals surface area contributed by atoms with Gasteiger partial charge in [0.05, 0.1) is 0 Å². The zero-order valence-electron chi connectivity index (χ0n) is 6.09. The van der Waals surface area contributed by atoms with Crippen LogP contribution in [0.2, 0.25) is 0 Å². The first-order valence-corrected chi connectivity index (χ1v) is 3.40. The molecule has 0 saturated carbocycles. The highest BCUT2D eigenvalue weighted by Crippen LogP contribution is 2.52. The second-order valence-electron chi connectivity index (χ2n) is 2.83. The van der Waals surface area contributed by atoms with Crippen molar-refractivity contribution in [1.29, 1.82) is 0 Å². The third-order valence-corrected chi connectivity index (χ3v) is 2.06. The van der Waals surface area contributed by atoms with Gasteiger partial charge in [0.1, 0.15) is 0 Å². The standard InChI is InChI=1S/C7H3F3O3/c8-7(9,10)6-4(12)2-1-3(11)5(6)13-6/h1-2,5H. The van der Waals surface area contributed by atoms with Crippen molar-refractivity contribution in [3.8, 4) is 0 Å².